The Balaban J connectivity index is 1.89. The van der Waals surface area contributed by atoms with E-state index in [9.17, 15) is 4.79 Å². The molecule has 3 rings (SSSR count). The summed E-state index contributed by atoms with van der Waals surface area (Å²) in [5.41, 5.74) is 3.99. The van der Waals surface area contributed by atoms with Crippen LogP contribution in [0.25, 0.3) is 0 Å². The van der Waals surface area contributed by atoms with Gasteiger partial charge in [-0.25, -0.2) is 4.79 Å². The number of hydrogen-bond acceptors (Lipinski definition) is 2. The zero-order chi connectivity index (χ0) is 16.9. The fourth-order valence-corrected chi connectivity index (χ4v) is 2.86. The monoisotopic (exact) mass is 321 g/mol. The largest absolute Gasteiger partial charge is 0.331 e. The lowest BCUT2D eigenvalue weighted by Crippen LogP contribution is -2.39. The first-order chi connectivity index (χ1) is 11.7. The third kappa shape index (κ3) is 3.48. The van der Waals surface area contributed by atoms with Crippen molar-refractivity contribution in [2.45, 2.75) is 33.1 Å². The molecule has 2 aromatic carbocycles. The summed E-state index contributed by atoms with van der Waals surface area (Å²) >= 11 is 0. The third-order valence-electron chi connectivity index (χ3n) is 4.30. The number of aliphatic imine (C=N–C) groups is 1. The Kier molecular flexibility index (Phi) is 4.94. The van der Waals surface area contributed by atoms with E-state index < -0.39 is 0 Å². The number of hydrogen-bond donors (Lipinski definition) is 1. The number of nitrogens with zero attached hydrogens (tertiary/aromatic N) is 2. The van der Waals surface area contributed by atoms with Crippen LogP contribution in [0.3, 0.4) is 0 Å². The molecule has 0 radical (unpaired) electrons. The maximum atomic E-state index is 12.9. The van der Waals surface area contributed by atoms with Gasteiger partial charge in [0.05, 0.1) is 5.69 Å². The van der Waals surface area contributed by atoms with Gasteiger partial charge in [0.25, 0.3) is 0 Å². The average molecular weight is 321 g/mol. The second kappa shape index (κ2) is 7.30. The van der Waals surface area contributed by atoms with Crippen LogP contribution < -0.4 is 10.2 Å². The molecule has 0 unspecified atom stereocenters. The van der Waals surface area contributed by atoms with E-state index in [1.807, 2.05) is 43.3 Å². The molecule has 1 aliphatic rings. The van der Waals surface area contributed by atoms with E-state index in [-0.39, 0.29) is 6.03 Å². The van der Waals surface area contributed by atoms with E-state index in [1.54, 1.807) is 4.90 Å². The van der Waals surface area contributed by atoms with Crippen molar-refractivity contribution in [3.05, 3.63) is 59.7 Å². The molecule has 2 amide bonds. The van der Waals surface area contributed by atoms with E-state index in [2.05, 4.69) is 29.4 Å². The smallest absolute Gasteiger partial charge is 0.307 e. The van der Waals surface area contributed by atoms with Crippen molar-refractivity contribution in [1.82, 2.24) is 0 Å². The maximum Gasteiger partial charge on any atom is 0.331 e. The number of anilines is 2. The SMILES string of the molecule is CCc1ccc(N(C(=O)Nc2ccccc2C)C2=NCCC2)cc1. The number of amidine groups is 1. The standard InChI is InChI=1S/C20H23N3O/c1-3-16-10-12-17(13-11-16)23(19-9-6-14-21-19)20(24)22-18-8-5-4-7-15(18)2/h4-5,7-8,10-13H,3,6,9,14H2,1-2H3,(H,22,24). The number of amides is 2. The molecule has 0 bridgehead atoms. The molecular weight excluding hydrogens is 298 g/mol. The fourth-order valence-electron chi connectivity index (χ4n) is 2.86. The Bertz CT molecular complexity index is 750. The Hall–Kier alpha value is -2.62. The molecule has 0 fully saturated rings. The van der Waals surface area contributed by atoms with Gasteiger partial charge in [-0.2, -0.15) is 0 Å². The van der Waals surface area contributed by atoms with Gasteiger partial charge in [-0.3, -0.25) is 9.89 Å². The van der Waals surface area contributed by atoms with Crippen molar-refractivity contribution in [2.24, 2.45) is 4.99 Å². The Morgan fingerprint density at radius 3 is 2.54 bits per heavy atom. The first kappa shape index (κ1) is 16.2. The van der Waals surface area contributed by atoms with Gasteiger partial charge >= 0.3 is 6.03 Å². The van der Waals surface area contributed by atoms with Crippen LogP contribution in [-0.2, 0) is 6.42 Å². The van der Waals surface area contributed by atoms with Gasteiger partial charge in [-0.15, -0.1) is 0 Å². The fraction of sp³-hybridized carbons (Fsp3) is 0.300. The van der Waals surface area contributed by atoms with E-state index in [0.717, 1.165) is 48.6 Å². The number of carbonyl (C=O) groups excluding carboxylic acids is 1. The number of para-hydroxylation sites is 1. The maximum absolute atomic E-state index is 12.9. The van der Waals surface area contributed by atoms with Crippen molar-refractivity contribution in [2.75, 3.05) is 16.8 Å². The molecule has 1 aliphatic heterocycles. The minimum Gasteiger partial charge on any atom is -0.307 e. The quantitative estimate of drug-likeness (QED) is 0.868. The van der Waals surface area contributed by atoms with Gasteiger partial charge in [0, 0.05) is 18.7 Å². The molecule has 0 saturated heterocycles. The zero-order valence-electron chi connectivity index (χ0n) is 14.2. The molecule has 4 nitrogen and oxygen atoms in total. The van der Waals surface area contributed by atoms with Crippen molar-refractivity contribution < 1.29 is 4.79 Å². The zero-order valence-corrected chi connectivity index (χ0v) is 14.2. The highest BCUT2D eigenvalue weighted by atomic mass is 16.2. The van der Waals surface area contributed by atoms with Crippen LogP contribution in [0.2, 0.25) is 0 Å². The summed E-state index contributed by atoms with van der Waals surface area (Å²) in [5, 5.41) is 3.02. The normalized spacial score (nSPS) is 13.5. The van der Waals surface area contributed by atoms with Crippen LogP contribution in [-0.4, -0.2) is 18.4 Å². The van der Waals surface area contributed by atoms with Crippen LogP contribution >= 0.6 is 0 Å². The lowest BCUT2D eigenvalue weighted by atomic mass is 10.1. The van der Waals surface area contributed by atoms with Crippen LogP contribution in [0.5, 0.6) is 0 Å². The topological polar surface area (TPSA) is 44.7 Å². The minimum atomic E-state index is -0.158. The molecule has 124 valence electrons. The van der Waals surface area contributed by atoms with Crippen molar-refractivity contribution >= 4 is 23.2 Å². The molecule has 0 atom stereocenters. The summed E-state index contributed by atoms with van der Waals surface area (Å²) in [6.45, 7) is 4.90. The molecule has 24 heavy (non-hydrogen) atoms. The van der Waals surface area contributed by atoms with Crippen LogP contribution in [0.1, 0.15) is 30.9 Å². The van der Waals surface area contributed by atoms with Gasteiger partial charge in [0.15, 0.2) is 0 Å². The van der Waals surface area contributed by atoms with Gasteiger partial charge in [0.1, 0.15) is 5.84 Å². The average Bonchev–Trinajstić information content (AvgIpc) is 3.12. The minimum absolute atomic E-state index is 0.158. The number of rotatable bonds is 3. The Morgan fingerprint density at radius 1 is 1.17 bits per heavy atom. The van der Waals surface area contributed by atoms with Crippen molar-refractivity contribution in [3.8, 4) is 0 Å². The lowest BCUT2D eigenvalue weighted by Gasteiger charge is -2.24. The lowest BCUT2D eigenvalue weighted by molar-refractivity contribution is 0.259. The molecular formula is C20H23N3O. The van der Waals surface area contributed by atoms with Gasteiger partial charge < -0.3 is 5.32 Å². The second-order valence-corrected chi connectivity index (χ2v) is 6.00. The summed E-state index contributed by atoms with van der Waals surface area (Å²) < 4.78 is 0. The second-order valence-electron chi connectivity index (χ2n) is 6.00. The molecule has 0 aromatic heterocycles. The highest BCUT2D eigenvalue weighted by molar-refractivity contribution is 6.20. The van der Waals surface area contributed by atoms with Gasteiger partial charge in [-0.05, 0) is 49.1 Å². The summed E-state index contributed by atoms with van der Waals surface area (Å²) in [4.78, 5) is 19.2. The highest BCUT2D eigenvalue weighted by Gasteiger charge is 2.24. The number of carbonyl (C=O) groups is 1. The molecule has 0 spiro atoms. The number of nitrogens with one attached hydrogen (secondary N) is 1. The molecule has 1 N–H and O–H groups in total. The van der Waals surface area contributed by atoms with Crippen LogP contribution in [0.15, 0.2) is 53.5 Å². The van der Waals surface area contributed by atoms with E-state index in [4.69, 9.17) is 0 Å². The number of aryl methyl sites for hydroxylation is 2. The molecule has 4 heteroatoms. The summed E-state index contributed by atoms with van der Waals surface area (Å²) in [7, 11) is 0. The van der Waals surface area contributed by atoms with E-state index >= 15 is 0 Å². The molecule has 0 aliphatic carbocycles. The predicted octanol–water partition coefficient (Wildman–Crippen LogP) is 4.79. The van der Waals surface area contributed by atoms with Gasteiger partial charge in [-0.1, -0.05) is 37.3 Å². The first-order valence-corrected chi connectivity index (χ1v) is 8.48. The number of urea groups is 1. The molecule has 2 aromatic rings. The molecule has 0 saturated carbocycles. The highest BCUT2D eigenvalue weighted by Crippen LogP contribution is 2.22. The first-order valence-electron chi connectivity index (χ1n) is 8.48. The summed E-state index contributed by atoms with van der Waals surface area (Å²) in [6.07, 6.45) is 2.81. The summed E-state index contributed by atoms with van der Waals surface area (Å²) in [5.74, 6) is 0.838. The van der Waals surface area contributed by atoms with E-state index in [1.165, 1.54) is 5.56 Å². The Morgan fingerprint density at radius 2 is 1.92 bits per heavy atom. The summed E-state index contributed by atoms with van der Waals surface area (Å²) in [6, 6.07) is 15.8. The predicted molar refractivity (Wildman–Crippen MR) is 100 cm³/mol. The van der Waals surface area contributed by atoms with Crippen LogP contribution in [0, 0.1) is 6.92 Å². The van der Waals surface area contributed by atoms with Crippen LogP contribution in [0.4, 0.5) is 16.2 Å². The molecule has 1 heterocycles. The Labute approximate surface area is 143 Å². The van der Waals surface area contributed by atoms with Gasteiger partial charge in [0.2, 0.25) is 0 Å². The van der Waals surface area contributed by atoms with Crippen molar-refractivity contribution in [1.29, 1.82) is 0 Å². The number of benzene rings is 2. The third-order valence-corrected chi connectivity index (χ3v) is 4.30. The van der Waals surface area contributed by atoms with Crippen molar-refractivity contribution in [3.63, 3.8) is 0 Å². The van der Waals surface area contributed by atoms with E-state index in [0.29, 0.717) is 0 Å².